The number of rotatable bonds is 6. The van der Waals surface area contributed by atoms with Gasteiger partial charge in [0.2, 0.25) is 5.91 Å². The predicted octanol–water partition coefficient (Wildman–Crippen LogP) is 4.46. The maximum Gasteiger partial charge on any atom is 0.307 e. The lowest BCUT2D eigenvalue weighted by atomic mass is 9.80. The van der Waals surface area contributed by atoms with E-state index in [2.05, 4.69) is 15.4 Å². The van der Waals surface area contributed by atoms with Gasteiger partial charge in [0.25, 0.3) is 0 Å². The van der Waals surface area contributed by atoms with E-state index in [1.54, 1.807) is 6.07 Å². The van der Waals surface area contributed by atoms with Gasteiger partial charge in [-0.05, 0) is 41.8 Å². The molecule has 164 valence electrons. The summed E-state index contributed by atoms with van der Waals surface area (Å²) in [6, 6.07) is 11.6. The van der Waals surface area contributed by atoms with Gasteiger partial charge in [-0.2, -0.15) is 0 Å². The first kappa shape index (κ1) is 21.9. The summed E-state index contributed by atoms with van der Waals surface area (Å²) >= 11 is 12.5. The van der Waals surface area contributed by atoms with Gasteiger partial charge >= 0.3 is 5.97 Å². The molecule has 2 N–H and O–H groups in total. The van der Waals surface area contributed by atoms with Gasteiger partial charge in [-0.3, -0.25) is 9.59 Å². The molecule has 0 bridgehead atoms. The Morgan fingerprint density at radius 1 is 1.19 bits per heavy atom. The number of benzene rings is 2. The normalized spacial score (nSPS) is 21.6. The highest BCUT2D eigenvalue weighted by atomic mass is 35.5. The van der Waals surface area contributed by atoms with Crippen molar-refractivity contribution in [2.75, 3.05) is 25.6 Å². The smallest absolute Gasteiger partial charge is 0.307 e. The van der Waals surface area contributed by atoms with Crippen molar-refractivity contribution >= 4 is 40.8 Å². The molecule has 6 nitrogen and oxygen atoms in total. The summed E-state index contributed by atoms with van der Waals surface area (Å²) in [5.41, 5.74) is 3.98. The van der Waals surface area contributed by atoms with E-state index in [-0.39, 0.29) is 49.3 Å². The van der Waals surface area contributed by atoms with E-state index in [0.717, 1.165) is 28.8 Å². The van der Waals surface area contributed by atoms with E-state index in [1.807, 2.05) is 30.3 Å². The number of anilines is 1. The van der Waals surface area contributed by atoms with Gasteiger partial charge in [-0.25, -0.2) is 0 Å². The number of hydrogen-bond donors (Lipinski definition) is 2. The molecule has 0 radical (unpaired) electrons. The lowest BCUT2D eigenvalue weighted by Gasteiger charge is -2.37. The molecule has 0 saturated carbocycles. The van der Waals surface area contributed by atoms with Crippen LogP contribution in [0.3, 0.4) is 0 Å². The molecule has 0 spiro atoms. The van der Waals surface area contributed by atoms with E-state index in [4.69, 9.17) is 27.9 Å². The van der Waals surface area contributed by atoms with Gasteiger partial charge in [0, 0.05) is 40.4 Å². The maximum atomic E-state index is 12.2. The molecule has 0 aromatic heterocycles. The SMILES string of the molecule is COC(=O)CCNC(=O)Cc1ccc2c(c1)C1OCCC1C(c1cc(Cl)cc(Cl)c1)N2. The van der Waals surface area contributed by atoms with E-state index < -0.39 is 0 Å². The Bertz CT molecular complexity index is 977. The van der Waals surface area contributed by atoms with Crippen LogP contribution < -0.4 is 10.6 Å². The van der Waals surface area contributed by atoms with Crippen molar-refractivity contribution in [2.45, 2.75) is 31.4 Å². The zero-order valence-electron chi connectivity index (χ0n) is 17.1. The molecule has 1 fully saturated rings. The van der Waals surface area contributed by atoms with E-state index >= 15 is 0 Å². The third-order valence-corrected chi connectivity index (χ3v) is 6.22. The molecular weight excluding hydrogens is 439 g/mol. The fraction of sp³-hybridized carbons (Fsp3) is 0.391. The van der Waals surface area contributed by atoms with Gasteiger partial charge < -0.3 is 20.1 Å². The number of ether oxygens (including phenoxy) is 2. The topological polar surface area (TPSA) is 76.7 Å². The zero-order valence-corrected chi connectivity index (χ0v) is 18.6. The molecule has 2 heterocycles. The van der Waals surface area contributed by atoms with Crippen LogP contribution in [-0.2, 0) is 25.5 Å². The van der Waals surface area contributed by atoms with Crippen molar-refractivity contribution in [1.82, 2.24) is 5.32 Å². The van der Waals surface area contributed by atoms with Crippen molar-refractivity contribution in [3.8, 4) is 0 Å². The molecule has 2 aliphatic heterocycles. The second-order valence-electron chi connectivity index (χ2n) is 7.84. The summed E-state index contributed by atoms with van der Waals surface area (Å²) < 4.78 is 10.7. The van der Waals surface area contributed by atoms with Gasteiger partial charge in [0.05, 0.1) is 32.1 Å². The maximum absolute atomic E-state index is 12.2. The van der Waals surface area contributed by atoms with E-state index in [9.17, 15) is 9.59 Å². The summed E-state index contributed by atoms with van der Waals surface area (Å²) in [5, 5.41) is 7.59. The van der Waals surface area contributed by atoms with Crippen LogP contribution in [0.4, 0.5) is 5.69 Å². The number of carbonyl (C=O) groups excluding carboxylic acids is 2. The number of hydrogen-bond acceptors (Lipinski definition) is 5. The Kier molecular flexibility index (Phi) is 6.70. The summed E-state index contributed by atoms with van der Waals surface area (Å²) in [7, 11) is 1.33. The quantitative estimate of drug-likeness (QED) is 0.619. The fourth-order valence-electron chi connectivity index (χ4n) is 4.37. The van der Waals surface area contributed by atoms with E-state index in [0.29, 0.717) is 16.7 Å². The second-order valence-corrected chi connectivity index (χ2v) is 8.72. The number of carbonyl (C=O) groups is 2. The molecule has 0 aliphatic carbocycles. The molecule has 2 aromatic rings. The molecule has 3 atom stereocenters. The predicted molar refractivity (Wildman–Crippen MR) is 119 cm³/mol. The highest BCUT2D eigenvalue weighted by Gasteiger charge is 2.41. The Hall–Kier alpha value is -2.28. The number of esters is 1. The van der Waals surface area contributed by atoms with Crippen LogP contribution >= 0.6 is 23.2 Å². The highest BCUT2D eigenvalue weighted by Crippen LogP contribution is 2.50. The van der Waals surface area contributed by atoms with Gasteiger partial charge in [0.1, 0.15) is 0 Å². The number of nitrogens with one attached hydrogen (secondary N) is 2. The lowest BCUT2D eigenvalue weighted by molar-refractivity contribution is -0.140. The number of amides is 1. The van der Waals surface area contributed by atoms with Gasteiger partial charge in [0.15, 0.2) is 0 Å². The summed E-state index contributed by atoms with van der Waals surface area (Å²) in [4.78, 5) is 23.4. The minimum Gasteiger partial charge on any atom is -0.469 e. The average Bonchev–Trinajstić information content (AvgIpc) is 3.22. The van der Waals surface area contributed by atoms with Crippen molar-refractivity contribution in [2.24, 2.45) is 5.92 Å². The number of halogens is 2. The van der Waals surface area contributed by atoms with Gasteiger partial charge in [-0.1, -0.05) is 35.3 Å². The largest absolute Gasteiger partial charge is 0.469 e. The van der Waals surface area contributed by atoms with Crippen LogP contribution in [0.15, 0.2) is 36.4 Å². The van der Waals surface area contributed by atoms with Crippen LogP contribution in [0.5, 0.6) is 0 Å². The summed E-state index contributed by atoms with van der Waals surface area (Å²) in [6.45, 7) is 0.940. The Balaban J connectivity index is 1.50. The van der Waals surface area contributed by atoms with E-state index in [1.165, 1.54) is 7.11 Å². The molecule has 3 unspecified atom stereocenters. The standard InChI is InChI=1S/C23H24Cl2N2O4/c1-30-21(29)4-6-26-20(28)9-13-2-3-19-18(8-13)23-17(5-7-31-23)22(27-19)14-10-15(24)12-16(25)11-14/h2-3,8,10-12,17,22-23,27H,4-7,9H2,1H3,(H,26,28). The Morgan fingerprint density at radius 3 is 2.71 bits per heavy atom. The first-order valence-electron chi connectivity index (χ1n) is 10.2. The second kappa shape index (κ2) is 9.47. The Morgan fingerprint density at radius 2 is 1.97 bits per heavy atom. The fourth-order valence-corrected chi connectivity index (χ4v) is 4.91. The molecule has 8 heteroatoms. The average molecular weight is 463 g/mol. The summed E-state index contributed by atoms with van der Waals surface area (Å²) in [6.07, 6.45) is 1.26. The number of methoxy groups -OCH3 is 1. The highest BCUT2D eigenvalue weighted by molar-refractivity contribution is 6.34. The number of fused-ring (bicyclic) bond motifs is 3. The molecule has 1 amide bonds. The molecule has 2 aromatic carbocycles. The van der Waals surface area contributed by atoms with Gasteiger partial charge in [-0.15, -0.1) is 0 Å². The third kappa shape index (κ3) is 4.97. The molecule has 2 aliphatic rings. The van der Waals surface area contributed by atoms with Crippen LogP contribution in [0.1, 0.15) is 41.7 Å². The van der Waals surface area contributed by atoms with Crippen LogP contribution in [0.25, 0.3) is 0 Å². The first-order valence-corrected chi connectivity index (χ1v) is 11.0. The van der Waals surface area contributed by atoms with Crippen molar-refractivity contribution in [1.29, 1.82) is 0 Å². The molecule has 31 heavy (non-hydrogen) atoms. The zero-order chi connectivity index (χ0) is 22.0. The van der Waals surface area contributed by atoms with Crippen molar-refractivity contribution in [3.05, 3.63) is 63.1 Å². The first-order chi connectivity index (χ1) is 14.9. The summed E-state index contributed by atoms with van der Waals surface area (Å²) in [5.74, 6) is -0.241. The van der Waals surface area contributed by atoms with Crippen LogP contribution in [0, 0.1) is 5.92 Å². The lowest BCUT2D eigenvalue weighted by Crippen LogP contribution is -2.30. The van der Waals surface area contributed by atoms with Crippen LogP contribution in [0.2, 0.25) is 10.0 Å². The molecular formula is C23H24Cl2N2O4. The van der Waals surface area contributed by atoms with Crippen molar-refractivity contribution in [3.63, 3.8) is 0 Å². The molecule has 1 saturated heterocycles. The third-order valence-electron chi connectivity index (χ3n) is 5.79. The minimum absolute atomic E-state index is 0.0451. The van der Waals surface area contributed by atoms with Crippen molar-refractivity contribution < 1.29 is 19.1 Å². The minimum atomic E-state index is -0.347. The van der Waals surface area contributed by atoms with Crippen LogP contribution in [-0.4, -0.2) is 32.1 Å². The Labute approximate surface area is 191 Å². The monoisotopic (exact) mass is 462 g/mol. The molecule has 4 rings (SSSR count).